The molecule has 2 N–H and O–H groups in total. The molecule has 1 rings (SSSR count). The van der Waals surface area contributed by atoms with Crippen LogP contribution < -0.4 is 5.73 Å². The summed E-state index contributed by atoms with van der Waals surface area (Å²) in [5, 5.41) is 4.29. The molecule has 0 aromatic carbocycles. The van der Waals surface area contributed by atoms with Crippen molar-refractivity contribution in [2.75, 3.05) is 0 Å². The Kier molecular flexibility index (Phi) is 3.26. The first kappa shape index (κ1) is 11.2. The second kappa shape index (κ2) is 4.09. The smallest absolute Gasteiger partial charge is 0.150 e. The van der Waals surface area contributed by atoms with Gasteiger partial charge in [0.05, 0.1) is 0 Å². The lowest BCUT2D eigenvalue weighted by Gasteiger charge is -2.17. The van der Waals surface area contributed by atoms with E-state index in [1.807, 2.05) is 25.6 Å². The molecule has 1 aromatic rings. The molecule has 1 heterocycles. The molecular weight excluding hydrogens is 176 g/mol. The van der Waals surface area contributed by atoms with Crippen LogP contribution in [0.15, 0.2) is 0 Å². The zero-order chi connectivity index (χ0) is 10.8. The fourth-order valence-electron chi connectivity index (χ4n) is 1.28. The van der Waals surface area contributed by atoms with Gasteiger partial charge in [-0.3, -0.25) is 4.68 Å². The van der Waals surface area contributed by atoms with Gasteiger partial charge in [-0.05, 0) is 20.3 Å². The second-order valence-electron chi connectivity index (χ2n) is 4.41. The average Bonchev–Trinajstić information content (AvgIpc) is 2.42. The first-order valence-corrected chi connectivity index (χ1v) is 5.10. The standard InChI is InChI=1S/C10H20N4/c1-5-8-12-9(14(4)13-8)6-7-10(2,3)11/h5-7,11H2,1-4H3. The third-order valence-electron chi connectivity index (χ3n) is 2.21. The highest BCUT2D eigenvalue weighted by Crippen LogP contribution is 2.09. The molecule has 4 heteroatoms. The quantitative estimate of drug-likeness (QED) is 0.783. The van der Waals surface area contributed by atoms with Gasteiger partial charge in [-0.1, -0.05) is 6.92 Å². The molecule has 0 radical (unpaired) electrons. The number of aryl methyl sites for hydroxylation is 3. The van der Waals surface area contributed by atoms with Crippen molar-refractivity contribution in [1.29, 1.82) is 0 Å². The zero-order valence-corrected chi connectivity index (χ0v) is 9.54. The van der Waals surface area contributed by atoms with Crippen LogP contribution in [0.1, 0.15) is 38.8 Å². The highest BCUT2D eigenvalue weighted by Gasteiger charge is 2.13. The van der Waals surface area contributed by atoms with Crippen molar-refractivity contribution in [1.82, 2.24) is 14.8 Å². The summed E-state index contributed by atoms with van der Waals surface area (Å²) in [7, 11) is 1.94. The van der Waals surface area contributed by atoms with Crippen molar-refractivity contribution in [3.8, 4) is 0 Å². The molecular formula is C10H20N4. The molecule has 0 unspecified atom stereocenters. The van der Waals surface area contributed by atoms with Crippen molar-refractivity contribution in [3.05, 3.63) is 11.6 Å². The summed E-state index contributed by atoms with van der Waals surface area (Å²) in [6.45, 7) is 6.13. The average molecular weight is 196 g/mol. The zero-order valence-electron chi connectivity index (χ0n) is 9.54. The first-order valence-electron chi connectivity index (χ1n) is 5.10. The van der Waals surface area contributed by atoms with Gasteiger partial charge in [0.15, 0.2) is 5.82 Å². The van der Waals surface area contributed by atoms with E-state index in [4.69, 9.17) is 5.73 Å². The summed E-state index contributed by atoms with van der Waals surface area (Å²) in [5.74, 6) is 1.94. The first-order chi connectivity index (χ1) is 6.42. The third kappa shape index (κ3) is 3.10. The van der Waals surface area contributed by atoms with E-state index in [9.17, 15) is 0 Å². The van der Waals surface area contributed by atoms with E-state index in [1.54, 1.807) is 0 Å². The van der Waals surface area contributed by atoms with Gasteiger partial charge in [0, 0.05) is 25.4 Å². The van der Waals surface area contributed by atoms with Crippen LogP contribution in [0, 0.1) is 0 Å². The van der Waals surface area contributed by atoms with Gasteiger partial charge in [-0.2, -0.15) is 5.10 Å². The van der Waals surface area contributed by atoms with Crippen LogP contribution in [0.2, 0.25) is 0 Å². The highest BCUT2D eigenvalue weighted by atomic mass is 15.3. The predicted molar refractivity (Wildman–Crippen MR) is 57.0 cm³/mol. The minimum absolute atomic E-state index is 0.127. The van der Waals surface area contributed by atoms with Gasteiger partial charge in [-0.25, -0.2) is 4.98 Å². The molecule has 0 aliphatic heterocycles. The van der Waals surface area contributed by atoms with Gasteiger partial charge in [-0.15, -0.1) is 0 Å². The van der Waals surface area contributed by atoms with E-state index in [2.05, 4.69) is 17.0 Å². The van der Waals surface area contributed by atoms with E-state index in [0.717, 1.165) is 30.9 Å². The molecule has 14 heavy (non-hydrogen) atoms. The van der Waals surface area contributed by atoms with E-state index in [1.165, 1.54) is 0 Å². The summed E-state index contributed by atoms with van der Waals surface area (Å²) in [6, 6.07) is 0. The Morgan fingerprint density at radius 2 is 2.07 bits per heavy atom. The maximum absolute atomic E-state index is 5.92. The molecule has 0 amide bonds. The Morgan fingerprint density at radius 1 is 1.43 bits per heavy atom. The van der Waals surface area contributed by atoms with Crippen molar-refractivity contribution in [2.45, 2.75) is 45.6 Å². The fraction of sp³-hybridized carbons (Fsp3) is 0.800. The van der Waals surface area contributed by atoms with E-state index < -0.39 is 0 Å². The summed E-state index contributed by atoms with van der Waals surface area (Å²) in [6.07, 6.45) is 2.72. The monoisotopic (exact) mass is 196 g/mol. The predicted octanol–water partition coefficient (Wildman–Crippen LogP) is 1.05. The van der Waals surface area contributed by atoms with Gasteiger partial charge in [0.1, 0.15) is 5.82 Å². The lowest BCUT2D eigenvalue weighted by Crippen LogP contribution is -2.32. The number of aromatic nitrogens is 3. The minimum Gasteiger partial charge on any atom is -0.326 e. The summed E-state index contributed by atoms with van der Waals surface area (Å²) in [4.78, 5) is 4.43. The van der Waals surface area contributed by atoms with E-state index in [0.29, 0.717) is 0 Å². The number of nitrogens with zero attached hydrogens (tertiary/aromatic N) is 3. The Hall–Kier alpha value is -0.900. The van der Waals surface area contributed by atoms with Crippen LogP contribution in [0.5, 0.6) is 0 Å². The van der Waals surface area contributed by atoms with Gasteiger partial charge < -0.3 is 5.73 Å². The summed E-state index contributed by atoms with van der Waals surface area (Å²) in [5.41, 5.74) is 5.79. The van der Waals surface area contributed by atoms with Crippen LogP contribution in [-0.2, 0) is 19.9 Å². The van der Waals surface area contributed by atoms with Crippen LogP contribution in [0.25, 0.3) is 0 Å². The topological polar surface area (TPSA) is 56.7 Å². The largest absolute Gasteiger partial charge is 0.326 e. The highest BCUT2D eigenvalue weighted by molar-refractivity contribution is 4.94. The van der Waals surface area contributed by atoms with Crippen LogP contribution in [0.3, 0.4) is 0 Å². The second-order valence-corrected chi connectivity index (χ2v) is 4.41. The molecule has 0 aliphatic rings. The normalized spacial score (nSPS) is 12.1. The van der Waals surface area contributed by atoms with Gasteiger partial charge in [0.2, 0.25) is 0 Å². The molecule has 4 nitrogen and oxygen atoms in total. The third-order valence-corrected chi connectivity index (χ3v) is 2.21. The van der Waals surface area contributed by atoms with Crippen LogP contribution in [0.4, 0.5) is 0 Å². The fourth-order valence-corrected chi connectivity index (χ4v) is 1.28. The van der Waals surface area contributed by atoms with Crippen molar-refractivity contribution >= 4 is 0 Å². The van der Waals surface area contributed by atoms with Crippen molar-refractivity contribution in [3.63, 3.8) is 0 Å². The van der Waals surface area contributed by atoms with E-state index in [-0.39, 0.29) is 5.54 Å². The summed E-state index contributed by atoms with van der Waals surface area (Å²) < 4.78 is 1.85. The summed E-state index contributed by atoms with van der Waals surface area (Å²) >= 11 is 0. The molecule has 0 atom stereocenters. The molecule has 0 saturated carbocycles. The van der Waals surface area contributed by atoms with Crippen molar-refractivity contribution < 1.29 is 0 Å². The van der Waals surface area contributed by atoms with Crippen LogP contribution >= 0.6 is 0 Å². The molecule has 0 saturated heterocycles. The number of nitrogens with two attached hydrogens (primary N) is 1. The number of rotatable bonds is 4. The Morgan fingerprint density at radius 3 is 2.50 bits per heavy atom. The van der Waals surface area contributed by atoms with Crippen LogP contribution in [-0.4, -0.2) is 20.3 Å². The van der Waals surface area contributed by atoms with Crippen molar-refractivity contribution in [2.24, 2.45) is 12.8 Å². The molecule has 1 aromatic heterocycles. The molecule has 80 valence electrons. The molecule has 0 fully saturated rings. The van der Waals surface area contributed by atoms with Gasteiger partial charge in [0.25, 0.3) is 0 Å². The minimum atomic E-state index is -0.127. The van der Waals surface area contributed by atoms with E-state index >= 15 is 0 Å². The lowest BCUT2D eigenvalue weighted by atomic mass is 10.00. The lowest BCUT2D eigenvalue weighted by molar-refractivity contribution is 0.465. The van der Waals surface area contributed by atoms with Gasteiger partial charge >= 0.3 is 0 Å². The molecule has 0 bridgehead atoms. The number of hydrogen-bond acceptors (Lipinski definition) is 3. The number of hydrogen-bond donors (Lipinski definition) is 1. The Balaban J connectivity index is 2.63. The maximum Gasteiger partial charge on any atom is 0.150 e. The maximum atomic E-state index is 5.92. The Bertz CT molecular complexity index is 296. The molecule has 0 spiro atoms. The SMILES string of the molecule is CCc1nc(CCC(C)(C)N)n(C)n1. The Labute approximate surface area is 85.5 Å². The molecule has 0 aliphatic carbocycles.